The standard InChI is InChI=1S/C15H24N4O2.2ClH/c1-2-5-16-7-8-18-15(20)13-4-3-6-17-14(13)19-9-11-21-12-10-19;;/h3-4,6,16H,2,5,7-12H2,1H3,(H,18,20);2*1H. The molecule has 0 bridgehead atoms. The van der Waals surface area contributed by atoms with Crippen LogP contribution < -0.4 is 15.5 Å². The van der Waals surface area contributed by atoms with Crippen LogP contribution in [0.2, 0.25) is 0 Å². The van der Waals surface area contributed by atoms with Crippen LogP contribution in [0.25, 0.3) is 0 Å². The molecule has 1 fully saturated rings. The molecule has 0 atom stereocenters. The lowest BCUT2D eigenvalue weighted by Gasteiger charge is -2.29. The van der Waals surface area contributed by atoms with Gasteiger partial charge in [-0.05, 0) is 25.1 Å². The van der Waals surface area contributed by atoms with Crippen LogP contribution >= 0.6 is 24.8 Å². The zero-order valence-corrected chi connectivity index (χ0v) is 15.0. The number of carbonyl (C=O) groups excluding carboxylic acids is 1. The molecular weight excluding hydrogens is 339 g/mol. The number of carbonyl (C=O) groups is 1. The highest BCUT2D eigenvalue weighted by atomic mass is 35.5. The molecule has 1 aliphatic heterocycles. The van der Waals surface area contributed by atoms with E-state index in [1.807, 2.05) is 6.07 Å². The molecule has 0 radical (unpaired) electrons. The predicted molar refractivity (Wildman–Crippen MR) is 97.3 cm³/mol. The maximum absolute atomic E-state index is 12.3. The van der Waals surface area contributed by atoms with E-state index >= 15 is 0 Å². The molecule has 23 heavy (non-hydrogen) atoms. The Bertz CT molecular complexity index is 457. The van der Waals surface area contributed by atoms with Crippen LogP contribution in [0.15, 0.2) is 18.3 Å². The second-order valence-electron chi connectivity index (χ2n) is 4.98. The number of morpholine rings is 1. The Morgan fingerprint density at radius 2 is 2.00 bits per heavy atom. The first-order valence-corrected chi connectivity index (χ1v) is 7.59. The number of pyridine rings is 1. The molecule has 1 aromatic rings. The molecule has 2 heterocycles. The molecule has 1 aromatic heterocycles. The summed E-state index contributed by atoms with van der Waals surface area (Å²) in [4.78, 5) is 18.8. The minimum Gasteiger partial charge on any atom is -0.378 e. The molecule has 132 valence electrons. The lowest BCUT2D eigenvalue weighted by molar-refractivity contribution is 0.0952. The van der Waals surface area contributed by atoms with E-state index in [2.05, 4.69) is 27.4 Å². The summed E-state index contributed by atoms with van der Waals surface area (Å²) >= 11 is 0. The number of hydrogen-bond donors (Lipinski definition) is 2. The van der Waals surface area contributed by atoms with Crippen LogP contribution in [0, 0.1) is 0 Å². The second-order valence-corrected chi connectivity index (χ2v) is 4.98. The van der Waals surface area contributed by atoms with Gasteiger partial charge >= 0.3 is 0 Å². The maximum atomic E-state index is 12.3. The zero-order chi connectivity index (χ0) is 14.9. The van der Waals surface area contributed by atoms with Gasteiger partial charge in [-0.25, -0.2) is 4.98 Å². The predicted octanol–water partition coefficient (Wildman–Crippen LogP) is 1.49. The second kappa shape index (κ2) is 12.4. The minimum absolute atomic E-state index is 0. The fourth-order valence-electron chi connectivity index (χ4n) is 2.26. The van der Waals surface area contributed by atoms with Gasteiger partial charge in [-0.3, -0.25) is 4.79 Å². The number of halogens is 2. The normalized spacial score (nSPS) is 13.7. The monoisotopic (exact) mass is 364 g/mol. The fourth-order valence-corrected chi connectivity index (χ4v) is 2.26. The minimum atomic E-state index is -0.0668. The lowest BCUT2D eigenvalue weighted by Crippen LogP contribution is -2.39. The highest BCUT2D eigenvalue weighted by molar-refractivity contribution is 5.98. The first-order chi connectivity index (χ1) is 10.3. The summed E-state index contributed by atoms with van der Waals surface area (Å²) < 4.78 is 5.35. The summed E-state index contributed by atoms with van der Waals surface area (Å²) in [6.07, 6.45) is 2.82. The van der Waals surface area contributed by atoms with Crippen LogP contribution in [0.5, 0.6) is 0 Å². The average Bonchev–Trinajstić information content (AvgIpc) is 2.55. The number of amides is 1. The Labute approximate surface area is 150 Å². The third kappa shape index (κ3) is 6.91. The van der Waals surface area contributed by atoms with Crippen LogP contribution in [0.4, 0.5) is 5.82 Å². The van der Waals surface area contributed by atoms with Gasteiger partial charge < -0.3 is 20.3 Å². The van der Waals surface area contributed by atoms with Crippen molar-refractivity contribution < 1.29 is 9.53 Å². The molecule has 0 aromatic carbocycles. The van der Waals surface area contributed by atoms with Crippen molar-refractivity contribution in [2.75, 3.05) is 50.8 Å². The number of rotatable bonds is 7. The number of anilines is 1. The SMILES string of the molecule is CCCNCCNC(=O)c1cccnc1N1CCOCC1.Cl.Cl. The Morgan fingerprint density at radius 3 is 2.70 bits per heavy atom. The van der Waals surface area contributed by atoms with Crippen molar-refractivity contribution in [3.05, 3.63) is 23.9 Å². The molecule has 8 heteroatoms. The number of nitrogens with zero attached hydrogens (tertiary/aromatic N) is 2. The summed E-state index contributed by atoms with van der Waals surface area (Å²) in [5.41, 5.74) is 0.634. The molecule has 1 saturated heterocycles. The maximum Gasteiger partial charge on any atom is 0.255 e. The van der Waals surface area contributed by atoms with E-state index < -0.39 is 0 Å². The highest BCUT2D eigenvalue weighted by Gasteiger charge is 2.19. The molecule has 0 spiro atoms. The van der Waals surface area contributed by atoms with Gasteiger partial charge in [0.25, 0.3) is 5.91 Å². The van der Waals surface area contributed by atoms with Crippen LogP contribution in [-0.4, -0.2) is 56.8 Å². The Hall–Kier alpha value is -1.08. The van der Waals surface area contributed by atoms with E-state index in [1.54, 1.807) is 12.3 Å². The summed E-state index contributed by atoms with van der Waals surface area (Å²) in [6, 6.07) is 3.63. The first-order valence-electron chi connectivity index (χ1n) is 7.59. The molecule has 0 aliphatic carbocycles. The summed E-state index contributed by atoms with van der Waals surface area (Å²) in [6.45, 7) is 7.41. The molecule has 6 nitrogen and oxygen atoms in total. The molecule has 1 amide bonds. The quantitative estimate of drug-likeness (QED) is 0.717. The summed E-state index contributed by atoms with van der Waals surface area (Å²) in [7, 11) is 0. The smallest absolute Gasteiger partial charge is 0.255 e. The number of aromatic nitrogens is 1. The highest BCUT2D eigenvalue weighted by Crippen LogP contribution is 2.18. The lowest BCUT2D eigenvalue weighted by atomic mass is 10.2. The Morgan fingerprint density at radius 1 is 1.26 bits per heavy atom. The van der Waals surface area contributed by atoms with Gasteiger partial charge in [0, 0.05) is 32.4 Å². The van der Waals surface area contributed by atoms with Crippen molar-refractivity contribution in [1.82, 2.24) is 15.6 Å². The van der Waals surface area contributed by atoms with Crippen LogP contribution in [0.3, 0.4) is 0 Å². The van der Waals surface area contributed by atoms with Gasteiger partial charge in [-0.1, -0.05) is 6.92 Å². The van der Waals surface area contributed by atoms with Crippen molar-refractivity contribution in [3.63, 3.8) is 0 Å². The van der Waals surface area contributed by atoms with Crippen LogP contribution in [-0.2, 0) is 4.74 Å². The third-order valence-electron chi connectivity index (χ3n) is 3.36. The molecule has 1 aliphatic rings. The van der Waals surface area contributed by atoms with E-state index in [0.29, 0.717) is 25.3 Å². The van der Waals surface area contributed by atoms with Crippen molar-refractivity contribution >= 4 is 36.5 Å². The van der Waals surface area contributed by atoms with Crippen molar-refractivity contribution in [2.45, 2.75) is 13.3 Å². The molecule has 2 N–H and O–H groups in total. The molecule has 0 saturated carbocycles. The zero-order valence-electron chi connectivity index (χ0n) is 13.4. The van der Waals surface area contributed by atoms with Gasteiger partial charge in [0.05, 0.1) is 18.8 Å². The average molecular weight is 365 g/mol. The fraction of sp³-hybridized carbons (Fsp3) is 0.600. The van der Waals surface area contributed by atoms with E-state index in [4.69, 9.17) is 4.74 Å². The summed E-state index contributed by atoms with van der Waals surface area (Å²) in [5, 5.41) is 6.20. The van der Waals surface area contributed by atoms with Crippen LogP contribution in [0.1, 0.15) is 23.7 Å². The first kappa shape index (κ1) is 21.9. The van der Waals surface area contributed by atoms with Gasteiger partial charge in [0.1, 0.15) is 5.82 Å². The van der Waals surface area contributed by atoms with Gasteiger partial charge in [0.2, 0.25) is 0 Å². The van der Waals surface area contributed by atoms with E-state index in [-0.39, 0.29) is 30.7 Å². The molecule has 2 rings (SSSR count). The van der Waals surface area contributed by atoms with Gasteiger partial charge in [0.15, 0.2) is 0 Å². The topological polar surface area (TPSA) is 66.5 Å². The van der Waals surface area contributed by atoms with Crippen molar-refractivity contribution in [2.24, 2.45) is 0 Å². The van der Waals surface area contributed by atoms with Gasteiger partial charge in [-0.2, -0.15) is 0 Å². The van der Waals surface area contributed by atoms with E-state index in [1.165, 1.54) is 0 Å². The van der Waals surface area contributed by atoms with Gasteiger partial charge in [-0.15, -0.1) is 24.8 Å². The molecule has 0 unspecified atom stereocenters. The number of ether oxygens (including phenoxy) is 1. The Kier molecular flexibility index (Phi) is 11.8. The number of nitrogens with one attached hydrogen (secondary N) is 2. The largest absolute Gasteiger partial charge is 0.378 e. The third-order valence-corrected chi connectivity index (χ3v) is 3.36. The van der Waals surface area contributed by atoms with Crippen molar-refractivity contribution in [1.29, 1.82) is 0 Å². The number of hydrogen-bond acceptors (Lipinski definition) is 5. The van der Waals surface area contributed by atoms with E-state index in [9.17, 15) is 4.79 Å². The van der Waals surface area contributed by atoms with E-state index in [0.717, 1.165) is 38.4 Å². The Balaban J connectivity index is 0.00000242. The van der Waals surface area contributed by atoms with Crippen molar-refractivity contribution in [3.8, 4) is 0 Å². The molecular formula is C15H26Cl2N4O2. The summed E-state index contributed by atoms with van der Waals surface area (Å²) in [5.74, 6) is 0.683.